The highest BCUT2D eigenvalue weighted by molar-refractivity contribution is 7.13. The van der Waals surface area contributed by atoms with Gasteiger partial charge in [0.1, 0.15) is 11.4 Å². The van der Waals surface area contributed by atoms with Crippen LogP contribution in [0.5, 0.6) is 0 Å². The molecular weight excluding hydrogens is 518 g/mol. The van der Waals surface area contributed by atoms with Gasteiger partial charge in [0.15, 0.2) is 0 Å². The van der Waals surface area contributed by atoms with Gasteiger partial charge >= 0.3 is 0 Å². The van der Waals surface area contributed by atoms with Crippen LogP contribution in [0.3, 0.4) is 0 Å². The molecule has 0 fully saturated rings. The molecule has 2 N–H and O–H groups in total. The van der Waals surface area contributed by atoms with Crippen LogP contribution in [-0.4, -0.2) is 26.6 Å². The van der Waals surface area contributed by atoms with Gasteiger partial charge in [-0.25, -0.2) is 4.68 Å². The zero-order chi connectivity index (χ0) is 26.3. The van der Waals surface area contributed by atoms with Gasteiger partial charge in [0.25, 0.3) is 11.8 Å². The first-order chi connectivity index (χ1) is 18.6. The van der Waals surface area contributed by atoms with Gasteiger partial charge in [-0.3, -0.25) is 14.6 Å². The molecule has 188 valence electrons. The zero-order valence-corrected chi connectivity index (χ0v) is 21.6. The Morgan fingerprint density at radius 1 is 0.974 bits per heavy atom. The first-order valence-corrected chi connectivity index (χ1v) is 13.0. The molecule has 9 heteroatoms. The molecule has 0 saturated carbocycles. The van der Waals surface area contributed by atoms with Crippen molar-refractivity contribution in [2.24, 2.45) is 0 Å². The molecule has 2 aromatic carbocycles. The molecule has 38 heavy (non-hydrogen) atoms. The van der Waals surface area contributed by atoms with E-state index in [4.69, 9.17) is 16.7 Å². The number of benzene rings is 2. The van der Waals surface area contributed by atoms with Gasteiger partial charge < -0.3 is 10.6 Å². The molecule has 5 aromatic rings. The van der Waals surface area contributed by atoms with Crippen molar-refractivity contribution in [1.82, 2.24) is 25.4 Å². The van der Waals surface area contributed by atoms with Crippen LogP contribution in [0.25, 0.3) is 22.3 Å². The Labute approximate surface area is 228 Å². The lowest BCUT2D eigenvalue weighted by molar-refractivity contribution is -0.117. The highest BCUT2D eigenvalue weighted by Crippen LogP contribution is 2.29. The van der Waals surface area contributed by atoms with E-state index in [0.717, 1.165) is 16.1 Å². The van der Waals surface area contributed by atoms with Gasteiger partial charge in [0.2, 0.25) is 0 Å². The normalized spacial score (nSPS) is 11.2. The van der Waals surface area contributed by atoms with Crippen LogP contribution in [0, 0.1) is 0 Å². The summed E-state index contributed by atoms with van der Waals surface area (Å²) in [6.07, 6.45) is 6.83. The number of para-hydroxylation sites is 1. The Bertz CT molecular complexity index is 1560. The SMILES string of the molecule is O=C(NCc1cccnc1)C(=Cc1cn(-c2ccccc2)nc1-c1cccs1)NC(=O)c1ccc(Cl)cc1. The lowest BCUT2D eigenvalue weighted by Crippen LogP contribution is -2.34. The van der Waals surface area contributed by atoms with Crippen LogP contribution in [-0.2, 0) is 11.3 Å². The van der Waals surface area contributed by atoms with Crippen LogP contribution in [0.1, 0.15) is 21.5 Å². The third-order valence-corrected chi connectivity index (χ3v) is 6.72. The Balaban J connectivity index is 1.52. The molecule has 3 aromatic heterocycles. The van der Waals surface area contributed by atoms with Crippen molar-refractivity contribution in [1.29, 1.82) is 0 Å². The Kier molecular flexibility index (Phi) is 7.73. The standard InChI is InChI=1S/C29H22ClN5O2S/c30-23-12-10-21(11-13-23)28(36)33-25(29(37)32-18-20-6-4-14-31-17-20)16-22-19-35(24-7-2-1-3-8-24)34-27(22)26-9-5-15-38-26/h1-17,19H,18H2,(H,32,37)(H,33,36). The lowest BCUT2D eigenvalue weighted by atomic mass is 10.1. The number of aromatic nitrogens is 3. The van der Waals surface area contributed by atoms with Crippen LogP contribution in [0.2, 0.25) is 5.02 Å². The number of carbonyl (C=O) groups is 2. The minimum atomic E-state index is -0.444. The van der Waals surface area contributed by atoms with Gasteiger partial charge in [-0.2, -0.15) is 5.10 Å². The van der Waals surface area contributed by atoms with Crippen LogP contribution >= 0.6 is 22.9 Å². The Morgan fingerprint density at radius 2 is 1.79 bits per heavy atom. The van der Waals surface area contributed by atoms with Gasteiger partial charge in [0.05, 0.1) is 10.6 Å². The highest BCUT2D eigenvalue weighted by Gasteiger charge is 2.18. The third kappa shape index (κ3) is 6.05. The van der Waals surface area contributed by atoms with Crippen LogP contribution in [0.15, 0.2) is 109 Å². The molecule has 2 amide bonds. The van der Waals surface area contributed by atoms with E-state index < -0.39 is 11.8 Å². The first kappa shape index (κ1) is 25.1. The molecule has 0 aliphatic heterocycles. The molecule has 0 unspecified atom stereocenters. The smallest absolute Gasteiger partial charge is 0.268 e. The zero-order valence-electron chi connectivity index (χ0n) is 20.0. The monoisotopic (exact) mass is 539 g/mol. The summed E-state index contributed by atoms with van der Waals surface area (Å²) in [6.45, 7) is 0.252. The number of nitrogens with one attached hydrogen (secondary N) is 2. The molecule has 3 heterocycles. The largest absolute Gasteiger partial charge is 0.347 e. The number of amides is 2. The number of nitrogens with zero attached hydrogens (tertiary/aromatic N) is 3. The van der Waals surface area contributed by atoms with E-state index in [-0.39, 0.29) is 12.2 Å². The molecule has 0 atom stereocenters. The highest BCUT2D eigenvalue weighted by atomic mass is 35.5. The molecule has 0 saturated heterocycles. The number of halogens is 1. The van der Waals surface area contributed by atoms with E-state index >= 15 is 0 Å². The van der Waals surface area contributed by atoms with Gasteiger partial charge in [-0.1, -0.05) is 41.9 Å². The average Bonchev–Trinajstić information content (AvgIpc) is 3.63. The summed E-state index contributed by atoms with van der Waals surface area (Å²) in [5.41, 5.74) is 3.54. The number of pyridine rings is 1. The van der Waals surface area contributed by atoms with Crippen molar-refractivity contribution in [3.05, 3.63) is 130 Å². The fourth-order valence-corrected chi connectivity index (χ4v) is 4.56. The number of thiophene rings is 1. The summed E-state index contributed by atoms with van der Waals surface area (Å²) in [5, 5.41) is 12.9. The maximum absolute atomic E-state index is 13.4. The molecule has 5 rings (SSSR count). The summed E-state index contributed by atoms with van der Waals surface area (Å²) in [7, 11) is 0. The maximum Gasteiger partial charge on any atom is 0.268 e. The second kappa shape index (κ2) is 11.7. The van der Waals surface area contributed by atoms with Crippen molar-refractivity contribution in [2.45, 2.75) is 6.54 Å². The van der Waals surface area contributed by atoms with Crippen LogP contribution in [0.4, 0.5) is 0 Å². The number of hydrogen-bond donors (Lipinski definition) is 2. The van der Waals surface area contributed by atoms with E-state index in [1.54, 1.807) is 64.8 Å². The Morgan fingerprint density at radius 3 is 2.50 bits per heavy atom. The molecule has 0 radical (unpaired) electrons. The van der Waals surface area contributed by atoms with Gasteiger partial charge in [0, 0.05) is 41.3 Å². The predicted molar refractivity (Wildman–Crippen MR) is 150 cm³/mol. The van der Waals surface area contributed by atoms with Crippen molar-refractivity contribution < 1.29 is 9.59 Å². The average molecular weight is 540 g/mol. The van der Waals surface area contributed by atoms with Crippen molar-refractivity contribution >= 4 is 40.8 Å². The van der Waals surface area contributed by atoms with Crippen molar-refractivity contribution in [3.63, 3.8) is 0 Å². The quantitative estimate of drug-likeness (QED) is 0.246. The summed E-state index contributed by atoms with van der Waals surface area (Å²) in [5.74, 6) is -0.877. The first-order valence-electron chi connectivity index (χ1n) is 11.7. The number of carbonyl (C=O) groups excluding carboxylic acids is 2. The Hall–Kier alpha value is -4.53. The number of rotatable bonds is 8. The molecule has 0 aliphatic carbocycles. The molecule has 0 bridgehead atoms. The summed E-state index contributed by atoms with van der Waals surface area (Å²) in [4.78, 5) is 31.4. The summed E-state index contributed by atoms with van der Waals surface area (Å²) in [6, 6.07) is 23.7. The molecular formula is C29H22ClN5O2S. The van der Waals surface area contributed by atoms with Gasteiger partial charge in [-0.15, -0.1) is 11.3 Å². The van der Waals surface area contributed by atoms with E-state index in [1.165, 1.54) is 0 Å². The second-order valence-corrected chi connectivity index (χ2v) is 9.64. The van der Waals surface area contributed by atoms with E-state index in [0.29, 0.717) is 21.8 Å². The molecule has 0 spiro atoms. The minimum absolute atomic E-state index is 0.0826. The van der Waals surface area contributed by atoms with Crippen LogP contribution < -0.4 is 10.6 Å². The van der Waals surface area contributed by atoms with E-state index in [9.17, 15) is 9.59 Å². The van der Waals surface area contributed by atoms with Gasteiger partial charge in [-0.05, 0) is 65.6 Å². The summed E-state index contributed by atoms with van der Waals surface area (Å²) < 4.78 is 1.76. The fraction of sp³-hybridized carbons (Fsp3) is 0.0345. The maximum atomic E-state index is 13.4. The van der Waals surface area contributed by atoms with Crippen molar-refractivity contribution in [3.8, 4) is 16.3 Å². The lowest BCUT2D eigenvalue weighted by Gasteiger charge is -2.11. The minimum Gasteiger partial charge on any atom is -0.347 e. The van der Waals surface area contributed by atoms with Crippen molar-refractivity contribution in [2.75, 3.05) is 0 Å². The number of hydrogen-bond acceptors (Lipinski definition) is 5. The van der Waals surface area contributed by atoms with E-state index in [1.807, 2.05) is 60.1 Å². The third-order valence-electron chi connectivity index (χ3n) is 5.59. The van der Waals surface area contributed by atoms with E-state index in [2.05, 4.69) is 15.6 Å². The molecule has 0 aliphatic rings. The topological polar surface area (TPSA) is 88.9 Å². The predicted octanol–water partition coefficient (Wildman–Crippen LogP) is 5.74. The summed E-state index contributed by atoms with van der Waals surface area (Å²) >= 11 is 7.52. The molecule has 7 nitrogen and oxygen atoms in total. The second-order valence-electron chi connectivity index (χ2n) is 8.25. The fourth-order valence-electron chi connectivity index (χ4n) is 3.70.